The number of aromatic nitrogens is 3. The number of hydrogen-bond acceptors (Lipinski definition) is 10. The van der Waals surface area contributed by atoms with Gasteiger partial charge in [-0.1, -0.05) is 23.9 Å². The molecule has 0 aliphatic heterocycles. The van der Waals surface area contributed by atoms with Crippen LogP contribution in [0.1, 0.15) is 36.3 Å². The minimum atomic E-state index is -0.647. The Bertz CT molecular complexity index is 1170. The number of thioether (sulfide) groups is 1. The lowest BCUT2D eigenvalue weighted by atomic mass is 10.1. The summed E-state index contributed by atoms with van der Waals surface area (Å²) in [7, 11) is 2.49. The largest absolute Gasteiger partial charge is 0.465 e. The third kappa shape index (κ3) is 5.70. The molecule has 0 bridgehead atoms. The SMILES string of the molecule is C=CCn1c(Cc2cccs2)nnc1SCC(=O)Nc1sc(C(=O)OC)c(C)c1C(=O)OC. The number of anilines is 1. The first-order valence-electron chi connectivity index (χ1n) is 9.67. The van der Waals surface area contributed by atoms with E-state index in [4.69, 9.17) is 9.47 Å². The maximum absolute atomic E-state index is 12.7. The van der Waals surface area contributed by atoms with Crippen molar-refractivity contribution in [3.05, 3.63) is 56.9 Å². The van der Waals surface area contributed by atoms with E-state index >= 15 is 0 Å². The van der Waals surface area contributed by atoms with E-state index in [-0.39, 0.29) is 27.1 Å². The fraction of sp³-hybridized carbons (Fsp3) is 0.286. The number of carbonyl (C=O) groups is 3. The molecular formula is C21H22N4O5S3. The Morgan fingerprint density at radius 3 is 2.64 bits per heavy atom. The maximum atomic E-state index is 12.7. The highest BCUT2D eigenvalue weighted by Crippen LogP contribution is 2.34. The second-order valence-corrected chi connectivity index (χ2v) is 9.63. The molecular weight excluding hydrogens is 484 g/mol. The van der Waals surface area contributed by atoms with Crippen LogP contribution < -0.4 is 5.32 Å². The molecule has 3 aromatic rings. The van der Waals surface area contributed by atoms with E-state index in [0.717, 1.165) is 22.0 Å². The average molecular weight is 507 g/mol. The van der Waals surface area contributed by atoms with E-state index in [1.165, 1.54) is 26.0 Å². The van der Waals surface area contributed by atoms with Gasteiger partial charge in [-0.15, -0.1) is 39.4 Å². The molecule has 3 aromatic heterocycles. The molecule has 0 atom stereocenters. The zero-order valence-electron chi connectivity index (χ0n) is 18.2. The zero-order valence-corrected chi connectivity index (χ0v) is 20.7. The van der Waals surface area contributed by atoms with Crippen molar-refractivity contribution in [2.45, 2.75) is 25.0 Å². The van der Waals surface area contributed by atoms with Crippen LogP contribution in [0.4, 0.5) is 5.00 Å². The van der Waals surface area contributed by atoms with Crippen LogP contribution >= 0.6 is 34.4 Å². The van der Waals surface area contributed by atoms with Crippen LogP contribution in [0.2, 0.25) is 0 Å². The van der Waals surface area contributed by atoms with E-state index in [0.29, 0.717) is 23.7 Å². The Kier molecular flexibility index (Phi) is 8.42. The van der Waals surface area contributed by atoms with E-state index in [1.807, 2.05) is 22.1 Å². The van der Waals surface area contributed by atoms with Crippen LogP contribution in [0.25, 0.3) is 0 Å². The van der Waals surface area contributed by atoms with Gasteiger partial charge in [0, 0.05) is 17.8 Å². The lowest BCUT2D eigenvalue weighted by Gasteiger charge is -2.08. The van der Waals surface area contributed by atoms with Crippen molar-refractivity contribution in [1.82, 2.24) is 14.8 Å². The van der Waals surface area contributed by atoms with Crippen molar-refractivity contribution >= 4 is 57.3 Å². The Morgan fingerprint density at radius 1 is 1.24 bits per heavy atom. The summed E-state index contributed by atoms with van der Waals surface area (Å²) in [5.41, 5.74) is 0.528. The topological polar surface area (TPSA) is 112 Å². The van der Waals surface area contributed by atoms with E-state index in [9.17, 15) is 14.4 Å². The first-order chi connectivity index (χ1) is 15.9. The number of amides is 1. The molecule has 0 radical (unpaired) electrons. The number of nitrogens with zero attached hydrogens (tertiary/aromatic N) is 3. The minimum absolute atomic E-state index is 0.0272. The van der Waals surface area contributed by atoms with Gasteiger partial charge in [0.05, 0.1) is 25.5 Å². The van der Waals surface area contributed by atoms with Crippen LogP contribution in [-0.4, -0.2) is 52.6 Å². The molecule has 0 spiro atoms. The van der Waals surface area contributed by atoms with Crippen LogP contribution in [0.5, 0.6) is 0 Å². The predicted octanol–water partition coefficient (Wildman–Crippen LogP) is 3.79. The van der Waals surface area contributed by atoms with Crippen molar-refractivity contribution < 1.29 is 23.9 Å². The minimum Gasteiger partial charge on any atom is -0.465 e. The molecule has 0 aromatic carbocycles. The summed E-state index contributed by atoms with van der Waals surface area (Å²) < 4.78 is 11.5. The molecule has 0 unspecified atom stereocenters. The average Bonchev–Trinajstić information content (AvgIpc) is 3.53. The Morgan fingerprint density at radius 2 is 2.00 bits per heavy atom. The van der Waals surface area contributed by atoms with Gasteiger partial charge in [-0.05, 0) is 23.9 Å². The lowest BCUT2D eigenvalue weighted by molar-refractivity contribution is -0.113. The Balaban J connectivity index is 1.74. The second-order valence-electron chi connectivity index (χ2n) is 6.63. The molecule has 12 heteroatoms. The maximum Gasteiger partial charge on any atom is 0.348 e. The number of nitrogens with one attached hydrogen (secondary N) is 1. The smallest absolute Gasteiger partial charge is 0.348 e. The zero-order chi connectivity index (χ0) is 24.0. The first kappa shape index (κ1) is 24.7. The molecule has 9 nitrogen and oxygen atoms in total. The van der Waals surface area contributed by atoms with Gasteiger partial charge >= 0.3 is 11.9 Å². The predicted molar refractivity (Wildman–Crippen MR) is 128 cm³/mol. The molecule has 3 rings (SSSR count). The van der Waals surface area contributed by atoms with Crippen molar-refractivity contribution in [1.29, 1.82) is 0 Å². The number of methoxy groups -OCH3 is 2. The van der Waals surface area contributed by atoms with Crippen molar-refractivity contribution in [3.8, 4) is 0 Å². The highest BCUT2D eigenvalue weighted by atomic mass is 32.2. The van der Waals surface area contributed by atoms with Crippen molar-refractivity contribution in [2.75, 3.05) is 25.3 Å². The summed E-state index contributed by atoms with van der Waals surface area (Å²) in [6.07, 6.45) is 2.38. The summed E-state index contributed by atoms with van der Waals surface area (Å²) in [5.74, 6) is -0.793. The summed E-state index contributed by atoms with van der Waals surface area (Å²) in [6, 6.07) is 4.01. The van der Waals surface area contributed by atoms with Gasteiger partial charge < -0.3 is 19.4 Å². The molecule has 0 saturated carbocycles. The number of rotatable bonds is 10. The standard InChI is InChI=1S/C21H22N4O5S3/c1-5-8-25-14(10-13-7-6-9-31-13)23-24-21(25)32-11-15(26)22-18-16(19(27)29-3)12(2)17(33-18)20(28)30-4/h5-7,9H,1,8,10-11H2,2-4H3,(H,22,26). The normalized spacial score (nSPS) is 10.6. The van der Waals surface area contributed by atoms with Crippen LogP contribution in [0.15, 0.2) is 35.3 Å². The monoisotopic (exact) mass is 506 g/mol. The van der Waals surface area contributed by atoms with E-state index in [1.54, 1.807) is 24.3 Å². The van der Waals surface area contributed by atoms with Gasteiger partial charge in [0.2, 0.25) is 5.91 Å². The quantitative estimate of drug-likeness (QED) is 0.251. The van der Waals surface area contributed by atoms with Crippen LogP contribution in [0, 0.1) is 6.92 Å². The Labute approximate surface area is 202 Å². The first-order valence-corrected chi connectivity index (χ1v) is 12.4. The van der Waals surface area contributed by atoms with Crippen molar-refractivity contribution in [2.24, 2.45) is 0 Å². The van der Waals surface area contributed by atoms with Crippen molar-refractivity contribution in [3.63, 3.8) is 0 Å². The molecule has 0 aliphatic rings. The summed E-state index contributed by atoms with van der Waals surface area (Å²) in [6.45, 7) is 5.90. The van der Waals surface area contributed by atoms with Gasteiger partial charge in [-0.25, -0.2) is 9.59 Å². The molecule has 0 saturated heterocycles. The van der Waals surface area contributed by atoms with Crippen LogP contribution in [-0.2, 0) is 27.2 Å². The fourth-order valence-electron chi connectivity index (χ4n) is 2.97. The lowest BCUT2D eigenvalue weighted by Crippen LogP contribution is -2.16. The number of ether oxygens (including phenoxy) is 2. The molecule has 174 valence electrons. The molecule has 3 heterocycles. The number of carbonyl (C=O) groups excluding carboxylic acids is 3. The van der Waals surface area contributed by atoms with Crippen LogP contribution in [0.3, 0.4) is 0 Å². The number of thiophene rings is 2. The molecule has 0 fully saturated rings. The molecule has 33 heavy (non-hydrogen) atoms. The van der Waals surface area contributed by atoms with Gasteiger partial charge in [0.1, 0.15) is 15.7 Å². The summed E-state index contributed by atoms with van der Waals surface area (Å²) in [4.78, 5) is 38.3. The van der Waals surface area contributed by atoms with Gasteiger partial charge in [-0.2, -0.15) is 0 Å². The number of allylic oxidation sites excluding steroid dienone is 1. The highest BCUT2D eigenvalue weighted by molar-refractivity contribution is 7.99. The fourth-order valence-corrected chi connectivity index (χ4v) is 5.57. The number of esters is 2. The second kappa shape index (κ2) is 11.3. The summed E-state index contributed by atoms with van der Waals surface area (Å²) >= 11 is 3.83. The van der Waals surface area contributed by atoms with Gasteiger partial charge in [-0.3, -0.25) is 4.79 Å². The third-order valence-corrected chi connectivity index (χ3v) is 7.54. The van der Waals surface area contributed by atoms with E-state index < -0.39 is 11.9 Å². The molecule has 0 aliphatic carbocycles. The van der Waals surface area contributed by atoms with Gasteiger partial charge in [0.25, 0.3) is 0 Å². The number of hydrogen-bond donors (Lipinski definition) is 1. The highest BCUT2D eigenvalue weighted by Gasteiger charge is 2.27. The summed E-state index contributed by atoms with van der Waals surface area (Å²) in [5, 5.41) is 14.0. The molecule has 1 N–H and O–H groups in total. The van der Waals surface area contributed by atoms with E-state index in [2.05, 4.69) is 22.1 Å². The third-order valence-electron chi connectivity index (χ3n) is 4.51. The Hall–Kier alpha value is -2.96. The van der Waals surface area contributed by atoms with Gasteiger partial charge in [0.15, 0.2) is 5.16 Å². The molecule has 1 amide bonds.